The Hall–Kier alpha value is -1.81. The Labute approximate surface area is 113 Å². The van der Waals surface area contributed by atoms with Gasteiger partial charge in [0, 0.05) is 23.6 Å². The summed E-state index contributed by atoms with van der Waals surface area (Å²) >= 11 is 0. The summed E-state index contributed by atoms with van der Waals surface area (Å²) in [5.41, 5.74) is 2.45. The average Bonchev–Trinajstić information content (AvgIpc) is 2.85. The number of H-pyrrole nitrogens is 1. The molecule has 0 aliphatic heterocycles. The fraction of sp³-hybridized carbons (Fsp3) is 0.400. The van der Waals surface area contributed by atoms with Crippen LogP contribution in [-0.4, -0.2) is 30.5 Å². The van der Waals surface area contributed by atoms with Crippen LogP contribution in [0.4, 0.5) is 0 Å². The Balaban J connectivity index is 1.75. The first-order valence-corrected chi connectivity index (χ1v) is 6.83. The highest BCUT2D eigenvalue weighted by Gasteiger charge is 2.03. The summed E-state index contributed by atoms with van der Waals surface area (Å²) in [6, 6.07) is 8.27. The van der Waals surface area contributed by atoms with E-state index >= 15 is 0 Å². The average molecular weight is 259 g/mol. The van der Waals surface area contributed by atoms with Crippen LogP contribution >= 0.6 is 0 Å². The highest BCUT2D eigenvalue weighted by atomic mass is 16.1. The monoisotopic (exact) mass is 259 g/mol. The standard InChI is InChI=1S/C15H21N3O/c1-2-8-17-15(19)11-16-9-7-12-10-18-14-6-4-3-5-13(12)14/h3-6,10,16,18H,2,7-9,11H2,1H3,(H,17,19). The maximum atomic E-state index is 11.4. The van der Waals surface area contributed by atoms with Gasteiger partial charge in [-0.2, -0.15) is 0 Å². The van der Waals surface area contributed by atoms with Crippen molar-refractivity contribution in [3.8, 4) is 0 Å². The lowest BCUT2D eigenvalue weighted by Gasteiger charge is -2.05. The predicted octanol–water partition coefficient (Wildman–Crippen LogP) is 1.83. The second-order valence-electron chi connectivity index (χ2n) is 4.64. The van der Waals surface area contributed by atoms with Gasteiger partial charge in [-0.15, -0.1) is 0 Å². The number of amides is 1. The molecule has 19 heavy (non-hydrogen) atoms. The molecule has 0 bridgehead atoms. The number of aromatic nitrogens is 1. The van der Waals surface area contributed by atoms with E-state index in [-0.39, 0.29) is 5.91 Å². The van der Waals surface area contributed by atoms with Gasteiger partial charge in [0.15, 0.2) is 0 Å². The largest absolute Gasteiger partial charge is 0.361 e. The van der Waals surface area contributed by atoms with Gasteiger partial charge in [-0.3, -0.25) is 4.79 Å². The topological polar surface area (TPSA) is 56.9 Å². The minimum Gasteiger partial charge on any atom is -0.361 e. The number of hydrogen-bond donors (Lipinski definition) is 3. The second-order valence-corrected chi connectivity index (χ2v) is 4.64. The molecule has 0 radical (unpaired) electrons. The zero-order valence-electron chi connectivity index (χ0n) is 11.3. The van der Waals surface area contributed by atoms with E-state index in [0.29, 0.717) is 6.54 Å². The Kier molecular flexibility index (Phi) is 4.98. The molecule has 0 saturated heterocycles. The maximum absolute atomic E-state index is 11.4. The van der Waals surface area contributed by atoms with Gasteiger partial charge >= 0.3 is 0 Å². The molecule has 2 aromatic rings. The number of hydrogen-bond acceptors (Lipinski definition) is 2. The van der Waals surface area contributed by atoms with Gasteiger partial charge in [-0.25, -0.2) is 0 Å². The second kappa shape index (κ2) is 6.95. The molecule has 3 N–H and O–H groups in total. The number of aromatic amines is 1. The van der Waals surface area contributed by atoms with Crippen LogP contribution in [0.25, 0.3) is 10.9 Å². The molecule has 1 aromatic heterocycles. The van der Waals surface area contributed by atoms with Crippen LogP contribution in [-0.2, 0) is 11.2 Å². The van der Waals surface area contributed by atoms with Gasteiger partial charge < -0.3 is 15.6 Å². The molecule has 4 heteroatoms. The van der Waals surface area contributed by atoms with Crippen LogP contribution in [0.15, 0.2) is 30.5 Å². The third-order valence-corrected chi connectivity index (χ3v) is 3.10. The molecule has 102 valence electrons. The summed E-state index contributed by atoms with van der Waals surface area (Å²) in [4.78, 5) is 14.7. The molecule has 0 atom stereocenters. The lowest BCUT2D eigenvalue weighted by Crippen LogP contribution is -2.35. The van der Waals surface area contributed by atoms with Gasteiger partial charge in [0.1, 0.15) is 0 Å². The van der Waals surface area contributed by atoms with Crippen molar-refractivity contribution in [2.45, 2.75) is 19.8 Å². The Bertz CT molecular complexity index is 533. The van der Waals surface area contributed by atoms with Crippen molar-refractivity contribution >= 4 is 16.8 Å². The van der Waals surface area contributed by atoms with Gasteiger partial charge in [0.25, 0.3) is 0 Å². The van der Waals surface area contributed by atoms with E-state index < -0.39 is 0 Å². The highest BCUT2D eigenvalue weighted by Crippen LogP contribution is 2.17. The number of nitrogens with one attached hydrogen (secondary N) is 3. The predicted molar refractivity (Wildman–Crippen MR) is 78.2 cm³/mol. The quantitative estimate of drug-likeness (QED) is 0.664. The summed E-state index contributed by atoms with van der Waals surface area (Å²) in [5, 5.41) is 7.28. The number of carbonyl (C=O) groups excluding carboxylic acids is 1. The zero-order chi connectivity index (χ0) is 13.5. The van der Waals surface area contributed by atoms with Crippen LogP contribution in [0.2, 0.25) is 0 Å². The summed E-state index contributed by atoms with van der Waals surface area (Å²) in [6.07, 6.45) is 3.94. The van der Waals surface area contributed by atoms with Gasteiger partial charge in [0.05, 0.1) is 6.54 Å². The molecular formula is C15H21N3O. The lowest BCUT2D eigenvalue weighted by molar-refractivity contribution is -0.120. The maximum Gasteiger partial charge on any atom is 0.233 e. The molecule has 0 aliphatic rings. The first-order valence-electron chi connectivity index (χ1n) is 6.83. The third kappa shape index (κ3) is 3.83. The van der Waals surface area contributed by atoms with Crippen LogP contribution in [0, 0.1) is 0 Å². The summed E-state index contributed by atoms with van der Waals surface area (Å²) in [5.74, 6) is 0.0702. The van der Waals surface area contributed by atoms with Crippen LogP contribution in [0.1, 0.15) is 18.9 Å². The van der Waals surface area contributed by atoms with E-state index in [0.717, 1.165) is 31.4 Å². The van der Waals surface area contributed by atoms with E-state index in [1.807, 2.05) is 25.3 Å². The summed E-state index contributed by atoms with van der Waals surface area (Å²) in [7, 11) is 0. The van der Waals surface area contributed by atoms with Crippen molar-refractivity contribution in [3.05, 3.63) is 36.0 Å². The van der Waals surface area contributed by atoms with Crippen molar-refractivity contribution in [1.82, 2.24) is 15.6 Å². The molecule has 1 heterocycles. The van der Waals surface area contributed by atoms with Crippen molar-refractivity contribution in [2.75, 3.05) is 19.6 Å². The van der Waals surface area contributed by atoms with Crippen LogP contribution in [0.5, 0.6) is 0 Å². The highest BCUT2D eigenvalue weighted by molar-refractivity contribution is 5.83. The van der Waals surface area contributed by atoms with Gasteiger partial charge in [0.2, 0.25) is 5.91 Å². The summed E-state index contributed by atoms with van der Waals surface area (Å²) in [6.45, 7) is 4.00. The lowest BCUT2D eigenvalue weighted by atomic mass is 10.1. The molecule has 2 rings (SSSR count). The number of carbonyl (C=O) groups is 1. The smallest absolute Gasteiger partial charge is 0.233 e. The minimum absolute atomic E-state index is 0.0702. The van der Waals surface area contributed by atoms with Crippen LogP contribution in [0.3, 0.4) is 0 Å². The van der Waals surface area contributed by atoms with E-state index in [1.54, 1.807) is 0 Å². The van der Waals surface area contributed by atoms with E-state index in [2.05, 4.69) is 27.8 Å². The number of para-hydroxylation sites is 1. The molecular weight excluding hydrogens is 238 g/mol. The molecule has 0 saturated carbocycles. The fourth-order valence-electron chi connectivity index (χ4n) is 2.09. The zero-order valence-corrected chi connectivity index (χ0v) is 11.3. The first kappa shape index (κ1) is 13.6. The minimum atomic E-state index is 0.0702. The third-order valence-electron chi connectivity index (χ3n) is 3.10. The number of fused-ring (bicyclic) bond motifs is 1. The number of rotatable bonds is 7. The van der Waals surface area contributed by atoms with E-state index in [4.69, 9.17) is 0 Å². The van der Waals surface area contributed by atoms with E-state index in [1.165, 1.54) is 10.9 Å². The normalized spacial score (nSPS) is 10.8. The van der Waals surface area contributed by atoms with Crippen molar-refractivity contribution in [2.24, 2.45) is 0 Å². The molecule has 1 aromatic carbocycles. The molecule has 0 spiro atoms. The van der Waals surface area contributed by atoms with Crippen molar-refractivity contribution < 1.29 is 4.79 Å². The van der Waals surface area contributed by atoms with Crippen molar-refractivity contribution in [1.29, 1.82) is 0 Å². The molecule has 4 nitrogen and oxygen atoms in total. The van der Waals surface area contributed by atoms with Crippen molar-refractivity contribution in [3.63, 3.8) is 0 Å². The molecule has 0 aliphatic carbocycles. The Morgan fingerprint density at radius 3 is 2.95 bits per heavy atom. The molecule has 1 amide bonds. The SMILES string of the molecule is CCCNC(=O)CNCCc1c[nH]c2ccccc12. The molecule has 0 fully saturated rings. The summed E-state index contributed by atoms with van der Waals surface area (Å²) < 4.78 is 0. The Morgan fingerprint density at radius 2 is 2.11 bits per heavy atom. The van der Waals surface area contributed by atoms with E-state index in [9.17, 15) is 4.79 Å². The first-order chi connectivity index (χ1) is 9.31. The van der Waals surface area contributed by atoms with Gasteiger partial charge in [-0.1, -0.05) is 25.1 Å². The Morgan fingerprint density at radius 1 is 1.26 bits per heavy atom. The number of benzene rings is 1. The van der Waals surface area contributed by atoms with Gasteiger partial charge in [-0.05, 0) is 31.0 Å². The van der Waals surface area contributed by atoms with Crippen LogP contribution < -0.4 is 10.6 Å². The fourth-order valence-corrected chi connectivity index (χ4v) is 2.09. The molecule has 0 unspecified atom stereocenters.